The molecule has 114 valence electrons. The molecular weight excluding hydrogens is 274 g/mol. The van der Waals surface area contributed by atoms with Crippen molar-refractivity contribution in [3.8, 4) is 0 Å². The van der Waals surface area contributed by atoms with E-state index < -0.39 is 0 Å². The van der Waals surface area contributed by atoms with Crippen molar-refractivity contribution in [3.63, 3.8) is 0 Å². The summed E-state index contributed by atoms with van der Waals surface area (Å²) in [5, 5.41) is 8.44. The second-order valence-electron chi connectivity index (χ2n) is 5.64. The first kappa shape index (κ1) is 15.8. The fraction of sp³-hybridized carbons (Fsp3) is 0.800. The minimum absolute atomic E-state index is 0.0838. The molecule has 0 amide bonds. The maximum absolute atomic E-state index is 6.36. The average molecular weight is 300 g/mol. The topological polar surface area (TPSA) is 39.1 Å². The Bertz CT molecular complexity index is 405. The first-order valence-corrected chi connectivity index (χ1v) is 8.01. The van der Waals surface area contributed by atoms with Crippen molar-refractivity contribution in [1.82, 2.24) is 15.1 Å². The zero-order valence-electron chi connectivity index (χ0n) is 12.8. The third-order valence-corrected chi connectivity index (χ3v) is 4.70. The summed E-state index contributed by atoms with van der Waals surface area (Å²) in [6.45, 7) is 2.80. The minimum Gasteiger partial charge on any atom is -0.373 e. The van der Waals surface area contributed by atoms with Gasteiger partial charge in [-0.15, -0.1) is 0 Å². The Hall–Kier alpha value is -0.580. The fourth-order valence-electron chi connectivity index (χ4n) is 3.52. The van der Waals surface area contributed by atoms with Gasteiger partial charge in [-0.3, -0.25) is 4.68 Å². The van der Waals surface area contributed by atoms with Gasteiger partial charge < -0.3 is 10.1 Å². The highest BCUT2D eigenvalue weighted by Gasteiger charge is 2.42. The number of hydrogen-bond donors (Lipinski definition) is 1. The molecule has 0 saturated heterocycles. The van der Waals surface area contributed by atoms with Gasteiger partial charge in [-0.1, -0.05) is 37.3 Å². The number of aryl methyl sites for hydroxylation is 1. The van der Waals surface area contributed by atoms with E-state index in [1.54, 1.807) is 6.20 Å². The molecule has 0 radical (unpaired) electrons. The number of likely N-dealkylation sites (N-methyl/N-ethyl adjacent to an activating group) is 1. The van der Waals surface area contributed by atoms with E-state index in [0.717, 1.165) is 30.2 Å². The Balaban J connectivity index is 2.38. The number of hydrogen-bond acceptors (Lipinski definition) is 3. The van der Waals surface area contributed by atoms with E-state index >= 15 is 0 Å². The maximum Gasteiger partial charge on any atom is 0.0891 e. The lowest BCUT2D eigenvalue weighted by Gasteiger charge is -2.40. The summed E-state index contributed by atoms with van der Waals surface area (Å²) in [5.74, 6) is 0. The van der Waals surface area contributed by atoms with Crippen LogP contribution in [0.4, 0.5) is 0 Å². The number of nitrogens with one attached hydrogen (secondary N) is 1. The van der Waals surface area contributed by atoms with Crippen molar-refractivity contribution in [2.75, 3.05) is 13.7 Å². The third-order valence-electron chi connectivity index (χ3n) is 4.41. The van der Waals surface area contributed by atoms with Gasteiger partial charge in [0, 0.05) is 13.7 Å². The lowest BCUT2D eigenvalue weighted by molar-refractivity contribution is -0.0782. The molecule has 1 aromatic rings. The highest BCUT2D eigenvalue weighted by Crippen LogP contribution is 2.42. The summed E-state index contributed by atoms with van der Waals surface area (Å²) in [4.78, 5) is 0. The summed E-state index contributed by atoms with van der Waals surface area (Å²) < 4.78 is 8.15. The molecule has 1 N–H and O–H groups in total. The normalized spacial score (nSPS) is 20.6. The molecular formula is C15H26ClN3O. The molecule has 2 rings (SSSR count). The van der Waals surface area contributed by atoms with E-state index in [1.807, 2.05) is 18.8 Å². The van der Waals surface area contributed by atoms with Crippen molar-refractivity contribution in [1.29, 1.82) is 0 Å². The molecule has 5 heteroatoms. The molecule has 0 aliphatic heterocycles. The molecule has 1 fully saturated rings. The molecule has 0 bridgehead atoms. The molecule has 1 heterocycles. The minimum atomic E-state index is -0.169. The van der Waals surface area contributed by atoms with Crippen LogP contribution in [0.15, 0.2) is 6.20 Å². The first-order valence-electron chi connectivity index (χ1n) is 7.63. The Morgan fingerprint density at radius 3 is 2.50 bits per heavy atom. The zero-order chi connectivity index (χ0) is 14.6. The molecule has 1 saturated carbocycles. The van der Waals surface area contributed by atoms with Crippen LogP contribution in [0.5, 0.6) is 0 Å². The quantitative estimate of drug-likeness (QED) is 0.846. The molecule has 1 aromatic heterocycles. The van der Waals surface area contributed by atoms with Crippen molar-refractivity contribution in [2.45, 2.75) is 57.1 Å². The largest absolute Gasteiger partial charge is 0.373 e. The van der Waals surface area contributed by atoms with Crippen LogP contribution in [0, 0.1) is 0 Å². The van der Waals surface area contributed by atoms with Gasteiger partial charge in [-0.05, 0) is 26.8 Å². The lowest BCUT2D eigenvalue weighted by Crippen LogP contribution is -2.46. The van der Waals surface area contributed by atoms with Crippen LogP contribution >= 0.6 is 11.6 Å². The predicted octanol–water partition coefficient (Wildman–Crippen LogP) is 3.46. The standard InChI is InChI=1S/C15H26ClN3O/c1-4-20-15(9-7-5-6-8-10-15)14(17-2)13-12(16)11-18-19(13)3/h11,14,17H,4-10H2,1-3H3. The SMILES string of the molecule is CCOC1(C(NC)c2c(Cl)cnn2C)CCCCCC1. The molecule has 0 spiro atoms. The molecule has 20 heavy (non-hydrogen) atoms. The Morgan fingerprint density at radius 1 is 1.40 bits per heavy atom. The molecule has 1 atom stereocenters. The van der Waals surface area contributed by atoms with E-state index in [-0.39, 0.29) is 11.6 Å². The van der Waals surface area contributed by atoms with Crippen LogP contribution in [0.25, 0.3) is 0 Å². The lowest BCUT2D eigenvalue weighted by atomic mass is 9.84. The molecule has 0 aromatic carbocycles. The van der Waals surface area contributed by atoms with E-state index in [9.17, 15) is 0 Å². The second-order valence-corrected chi connectivity index (χ2v) is 6.04. The maximum atomic E-state index is 6.36. The van der Waals surface area contributed by atoms with Gasteiger partial charge in [0.05, 0.1) is 28.6 Å². The van der Waals surface area contributed by atoms with E-state index in [1.165, 1.54) is 25.7 Å². The van der Waals surface area contributed by atoms with Crippen LogP contribution in [0.1, 0.15) is 57.2 Å². The fourth-order valence-corrected chi connectivity index (χ4v) is 3.80. The van der Waals surface area contributed by atoms with Gasteiger partial charge >= 0.3 is 0 Å². The number of rotatable bonds is 5. The van der Waals surface area contributed by atoms with Crippen molar-refractivity contribution < 1.29 is 4.74 Å². The second kappa shape index (κ2) is 6.92. The van der Waals surface area contributed by atoms with Gasteiger partial charge in [-0.25, -0.2) is 0 Å². The highest BCUT2D eigenvalue weighted by atomic mass is 35.5. The van der Waals surface area contributed by atoms with Crippen LogP contribution in [0.2, 0.25) is 5.02 Å². The Morgan fingerprint density at radius 2 is 2.05 bits per heavy atom. The average Bonchev–Trinajstić information content (AvgIpc) is 2.66. The number of nitrogens with zero attached hydrogens (tertiary/aromatic N) is 2. The van der Waals surface area contributed by atoms with Gasteiger partial charge in [0.25, 0.3) is 0 Å². The van der Waals surface area contributed by atoms with Gasteiger partial charge in [0.1, 0.15) is 0 Å². The molecule has 1 unspecified atom stereocenters. The number of halogens is 1. The van der Waals surface area contributed by atoms with Crippen molar-refractivity contribution in [3.05, 3.63) is 16.9 Å². The Labute approximate surface area is 126 Å². The first-order chi connectivity index (χ1) is 9.64. The van der Waals surface area contributed by atoms with Crippen molar-refractivity contribution in [2.24, 2.45) is 7.05 Å². The van der Waals surface area contributed by atoms with E-state index in [0.29, 0.717) is 0 Å². The highest BCUT2D eigenvalue weighted by molar-refractivity contribution is 6.31. The Kier molecular flexibility index (Phi) is 5.47. The van der Waals surface area contributed by atoms with E-state index in [2.05, 4.69) is 17.3 Å². The molecule has 1 aliphatic carbocycles. The van der Waals surface area contributed by atoms with Crippen molar-refractivity contribution >= 4 is 11.6 Å². The van der Waals surface area contributed by atoms with Crippen LogP contribution < -0.4 is 5.32 Å². The smallest absolute Gasteiger partial charge is 0.0891 e. The van der Waals surface area contributed by atoms with Crippen LogP contribution in [0.3, 0.4) is 0 Å². The van der Waals surface area contributed by atoms with Gasteiger partial charge in [0.2, 0.25) is 0 Å². The summed E-state index contributed by atoms with van der Waals surface area (Å²) >= 11 is 6.36. The van der Waals surface area contributed by atoms with Crippen LogP contribution in [-0.2, 0) is 11.8 Å². The predicted molar refractivity (Wildman–Crippen MR) is 82.1 cm³/mol. The summed E-state index contributed by atoms with van der Waals surface area (Å²) in [7, 11) is 3.93. The van der Waals surface area contributed by atoms with Gasteiger partial charge in [-0.2, -0.15) is 5.10 Å². The molecule has 1 aliphatic rings. The zero-order valence-corrected chi connectivity index (χ0v) is 13.5. The van der Waals surface area contributed by atoms with Crippen LogP contribution in [-0.4, -0.2) is 29.0 Å². The monoisotopic (exact) mass is 299 g/mol. The summed E-state index contributed by atoms with van der Waals surface area (Å²) in [5.41, 5.74) is 0.863. The summed E-state index contributed by atoms with van der Waals surface area (Å²) in [6.07, 6.45) is 8.90. The summed E-state index contributed by atoms with van der Waals surface area (Å²) in [6, 6.07) is 0.0838. The number of aromatic nitrogens is 2. The molecule has 4 nitrogen and oxygen atoms in total. The van der Waals surface area contributed by atoms with Gasteiger partial charge in [0.15, 0.2) is 0 Å². The third kappa shape index (κ3) is 3.02. The van der Waals surface area contributed by atoms with E-state index in [4.69, 9.17) is 16.3 Å². The number of ether oxygens (including phenoxy) is 1.